The Bertz CT molecular complexity index is 295. The number of hydrogen-bond acceptors (Lipinski definition) is 4. The number of aliphatic carboxylic acids is 1. The molecule has 3 N–H and O–H groups in total. The van der Waals surface area contributed by atoms with Crippen LogP contribution in [0.2, 0.25) is 0 Å². The van der Waals surface area contributed by atoms with Crippen molar-refractivity contribution in [2.24, 2.45) is 5.73 Å². The smallest absolute Gasteiger partial charge is 0.324 e. The van der Waals surface area contributed by atoms with Gasteiger partial charge in [0.15, 0.2) is 0 Å². The van der Waals surface area contributed by atoms with Gasteiger partial charge in [0, 0.05) is 19.6 Å². The molecule has 0 aromatic carbocycles. The summed E-state index contributed by atoms with van der Waals surface area (Å²) in [4.78, 5) is 13.1. The molecule has 100 valence electrons. The SMILES string of the molecule is CC1(C)CN(CC(C)(N)C(=O)O)CC(C)(C)O1. The molecule has 1 heterocycles. The molecule has 1 unspecified atom stereocenters. The largest absolute Gasteiger partial charge is 0.480 e. The molecule has 1 saturated heterocycles. The number of rotatable bonds is 3. The molecule has 1 fully saturated rings. The Morgan fingerprint density at radius 1 is 1.35 bits per heavy atom. The molecule has 0 aromatic heterocycles. The second-order valence-electron chi connectivity index (χ2n) is 6.49. The molecular formula is C12H24N2O3. The first-order chi connectivity index (χ1) is 7.44. The molecule has 0 aliphatic carbocycles. The third-order valence-electron chi connectivity index (χ3n) is 2.80. The van der Waals surface area contributed by atoms with Gasteiger partial charge in [-0.05, 0) is 34.6 Å². The van der Waals surface area contributed by atoms with Crippen molar-refractivity contribution >= 4 is 5.97 Å². The van der Waals surface area contributed by atoms with Gasteiger partial charge in [-0.2, -0.15) is 0 Å². The maximum Gasteiger partial charge on any atom is 0.324 e. The van der Waals surface area contributed by atoms with E-state index in [-0.39, 0.29) is 11.2 Å². The molecule has 0 bridgehead atoms. The summed E-state index contributed by atoms with van der Waals surface area (Å²) in [6.07, 6.45) is 0. The molecule has 0 radical (unpaired) electrons. The number of ether oxygens (including phenoxy) is 1. The van der Waals surface area contributed by atoms with Gasteiger partial charge in [0.25, 0.3) is 0 Å². The van der Waals surface area contributed by atoms with Crippen molar-refractivity contribution in [3.63, 3.8) is 0 Å². The van der Waals surface area contributed by atoms with Crippen LogP contribution in [0.5, 0.6) is 0 Å². The fourth-order valence-corrected chi connectivity index (χ4v) is 2.59. The van der Waals surface area contributed by atoms with Gasteiger partial charge < -0.3 is 15.6 Å². The first-order valence-corrected chi connectivity index (χ1v) is 5.88. The standard InChI is InChI=1S/C12H24N2O3/c1-10(2)6-14(7-11(3,4)17-10)8-12(5,13)9(15)16/h6-8,13H2,1-5H3,(H,15,16). The minimum absolute atomic E-state index is 0.281. The number of carboxylic acids is 1. The van der Waals surface area contributed by atoms with Crippen LogP contribution < -0.4 is 5.73 Å². The molecule has 1 aliphatic heterocycles. The van der Waals surface area contributed by atoms with Gasteiger partial charge in [-0.25, -0.2) is 0 Å². The lowest BCUT2D eigenvalue weighted by Gasteiger charge is -2.48. The second kappa shape index (κ2) is 4.23. The minimum Gasteiger partial charge on any atom is -0.480 e. The molecule has 1 rings (SSSR count). The van der Waals surface area contributed by atoms with Crippen molar-refractivity contribution < 1.29 is 14.6 Å². The quantitative estimate of drug-likeness (QED) is 0.763. The summed E-state index contributed by atoms with van der Waals surface area (Å²) in [6.45, 7) is 11.3. The average molecular weight is 244 g/mol. The van der Waals surface area contributed by atoms with Gasteiger partial charge in [0.05, 0.1) is 11.2 Å². The zero-order valence-corrected chi connectivity index (χ0v) is 11.4. The Morgan fingerprint density at radius 2 is 1.76 bits per heavy atom. The van der Waals surface area contributed by atoms with Crippen molar-refractivity contribution in [2.45, 2.75) is 51.4 Å². The lowest BCUT2D eigenvalue weighted by atomic mass is 9.96. The van der Waals surface area contributed by atoms with Gasteiger partial charge >= 0.3 is 5.97 Å². The second-order valence-corrected chi connectivity index (χ2v) is 6.49. The summed E-state index contributed by atoms with van der Waals surface area (Å²) >= 11 is 0. The Balaban J connectivity index is 2.76. The Labute approximate surface area is 103 Å². The third kappa shape index (κ3) is 3.94. The first-order valence-electron chi connectivity index (χ1n) is 5.88. The van der Waals surface area contributed by atoms with Crippen molar-refractivity contribution in [3.8, 4) is 0 Å². The summed E-state index contributed by atoms with van der Waals surface area (Å²) in [6, 6.07) is 0. The highest BCUT2D eigenvalue weighted by molar-refractivity contribution is 5.78. The van der Waals surface area contributed by atoms with E-state index in [0.29, 0.717) is 19.6 Å². The van der Waals surface area contributed by atoms with E-state index in [2.05, 4.69) is 4.90 Å². The van der Waals surface area contributed by atoms with Crippen LogP contribution >= 0.6 is 0 Å². The number of carbonyl (C=O) groups is 1. The van der Waals surface area contributed by atoms with E-state index in [0.717, 1.165) is 0 Å². The Hall–Kier alpha value is -0.650. The van der Waals surface area contributed by atoms with Crippen LogP contribution in [-0.2, 0) is 9.53 Å². The fourth-order valence-electron chi connectivity index (χ4n) is 2.59. The van der Waals surface area contributed by atoms with E-state index in [4.69, 9.17) is 15.6 Å². The van der Waals surface area contributed by atoms with Crippen molar-refractivity contribution in [1.82, 2.24) is 4.90 Å². The van der Waals surface area contributed by atoms with Crippen molar-refractivity contribution in [2.75, 3.05) is 19.6 Å². The number of carboxylic acid groups (broad SMARTS) is 1. The molecule has 0 amide bonds. The highest BCUT2D eigenvalue weighted by Crippen LogP contribution is 2.28. The molecule has 5 nitrogen and oxygen atoms in total. The number of hydrogen-bond donors (Lipinski definition) is 2. The third-order valence-corrected chi connectivity index (χ3v) is 2.80. The van der Waals surface area contributed by atoms with Gasteiger partial charge in [-0.1, -0.05) is 0 Å². The molecule has 17 heavy (non-hydrogen) atoms. The highest BCUT2D eigenvalue weighted by Gasteiger charge is 2.41. The number of nitrogens with zero attached hydrogens (tertiary/aromatic N) is 1. The lowest BCUT2D eigenvalue weighted by Crippen LogP contribution is -2.62. The van der Waals surface area contributed by atoms with Crippen molar-refractivity contribution in [3.05, 3.63) is 0 Å². The van der Waals surface area contributed by atoms with Gasteiger partial charge in [0.1, 0.15) is 5.54 Å². The minimum atomic E-state index is -1.22. The summed E-state index contributed by atoms with van der Waals surface area (Å²) in [5, 5.41) is 9.05. The van der Waals surface area contributed by atoms with E-state index in [1.54, 1.807) is 6.92 Å². The zero-order valence-electron chi connectivity index (χ0n) is 11.4. The number of morpholine rings is 1. The normalized spacial score (nSPS) is 27.4. The molecule has 1 atom stereocenters. The summed E-state index contributed by atoms with van der Waals surface area (Å²) < 4.78 is 5.94. The van der Waals surface area contributed by atoms with Crippen LogP contribution in [0.4, 0.5) is 0 Å². The topological polar surface area (TPSA) is 75.8 Å². The summed E-state index contributed by atoms with van der Waals surface area (Å²) in [5.41, 5.74) is 4.00. The predicted molar refractivity (Wildman–Crippen MR) is 65.9 cm³/mol. The van der Waals surface area contributed by atoms with E-state index >= 15 is 0 Å². The van der Waals surface area contributed by atoms with Crippen LogP contribution in [-0.4, -0.2) is 52.4 Å². The average Bonchev–Trinajstić information content (AvgIpc) is 1.94. The maximum atomic E-state index is 11.0. The Morgan fingerprint density at radius 3 is 2.12 bits per heavy atom. The van der Waals surface area contributed by atoms with E-state index in [9.17, 15) is 4.79 Å². The van der Waals surface area contributed by atoms with E-state index in [1.807, 2.05) is 27.7 Å². The predicted octanol–water partition coefficient (Wildman–Crippen LogP) is 0.678. The Kier molecular flexibility index (Phi) is 3.58. The van der Waals surface area contributed by atoms with Gasteiger partial charge in [0.2, 0.25) is 0 Å². The molecule has 5 heteroatoms. The fraction of sp³-hybridized carbons (Fsp3) is 0.917. The summed E-state index contributed by atoms with van der Waals surface area (Å²) in [5.74, 6) is -0.973. The van der Waals surface area contributed by atoms with E-state index < -0.39 is 11.5 Å². The molecule has 0 spiro atoms. The molecule has 1 aliphatic rings. The van der Waals surface area contributed by atoms with Crippen LogP contribution in [0.1, 0.15) is 34.6 Å². The maximum absolute atomic E-state index is 11.0. The van der Waals surface area contributed by atoms with Crippen LogP contribution in [0, 0.1) is 0 Å². The molecule has 0 aromatic rings. The summed E-state index contributed by atoms with van der Waals surface area (Å²) in [7, 11) is 0. The van der Waals surface area contributed by atoms with Crippen LogP contribution in [0.3, 0.4) is 0 Å². The zero-order chi connectivity index (χ0) is 13.5. The van der Waals surface area contributed by atoms with Gasteiger partial charge in [-0.3, -0.25) is 9.69 Å². The van der Waals surface area contributed by atoms with Crippen LogP contribution in [0.25, 0.3) is 0 Å². The van der Waals surface area contributed by atoms with E-state index in [1.165, 1.54) is 0 Å². The first kappa shape index (κ1) is 14.4. The van der Waals surface area contributed by atoms with Crippen LogP contribution in [0.15, 0.2) is 0 Å². The molecular weight excluding hydrogens is 220 g/mol. The lowest BCUT2D eigenvalue weighted by molar-refractivity contribution is -0.184. The van der Waals surface area contributed by atoms with Crippen molar-refractivity contribution in [1.29, 1.82) is 0 Å². The number of nitrogens with two attached hydrogens (primary N) is 1. The molecule has 0 saturated carbocycles. The van der Waals surface area contributed by atoms with Gasteiger partial charge in [-0.15, -0.1) is 0 Å². The monoisotopic (exact) mass is 244 g/mol. The highest BCUT2D eigenvalue weighted by atomic mass is 16.5.